The molecule has 0 saturated carbocycles. The first-order chi connectivity index (χ1) is 6.07. The van der Waals surface area contributed by atoms with E-state index >= 15 is 0 Å². The van der Waals surface area contributed by atoms with E-state index in [1.54, 1.807) is 19.9 Å². The van der Waals surface area contributed by atoms with Crippen molar-refractivity contribution in [1.82, 2.24) is 5.32 Å². The van der Waals surface area contributed by atoms with Gasteiger partial charge in [0.1, 0.15) is 0 Å². The minimum absolute atomic E-state index is 0.0886. The fourth-order valence-electron chi connectivity index (χ4n) is 0.956. The summed E-state index contributed by atoms with van der Waals surface area (Å²) in [6.45, 7) is 6.11. The van der Waals surface area contributed by atoms with Crippen LogP contribution in [0.15, 0.2) is 11.6 Å². The molecule has 0 saturated heterocycles. The normalized spacial score (nSPS) is 14.0. The lowest BCUT2D eigenvalue weighted by molar-refractivity contribution is -0.117. The van der Waals surface area contributed by atoms with Crippen LogP contribution in [0.1, 0.15) is 33.6 Å². The zero-order chi connectivity index (χ0) is 10.3. The van der Waals surface area contributed by atoms with E-state index in [1.165, 1.54) is 0 Å². The first-order valence-corrected chi connectivity index (χ1v) is 4.72. The minimum atomic E-state index is -0.558. The van der Waals surface area contributed by atoms with Gasteiger partial charge in [-0.2, -0.15) is 0 Å². The van der Waals surface area contributed by atoms with Crippen molar-refractivity contribution in [2.75, 3.05) is 6.54 Å². The molecular weight excluding hydrogens is 166 g/mol. The number of aliphatic hydroxyl groups is 1. The second-order valence-corrected chi connectivity index (χ2v) is 3.20. The van der Waals surface area contributed by atoms with Gasteiger partial charge < -0.3 is 10.4 Å². The van der Waals surface area contributed by atoms with Gasteiger partial charge in [-0.05, 0) is 26.3 Å². The molecule has 0 spiro atoms. The minimum Gasteiger partial charge on any atom is -0.389 e. The van der Waals surface area contributed by atoms with E-state index in [1.807, 2.05) is 0 Å². The molecular formula is C10H19NO2. The predicted octanol–water partition coefficient (Wildman–Crippen LogP) is 1.23. The van der Waals surface area contributed by atoms with Crippen LogP contribution >= 0.6 is 0 Å². The molecule has 1 unspecified atom stereocenters. The van der Waals surface area contributed by atoms with Gasteiger partial charge in [0.15, 0.2) is 0 Å². The monoisotopic (exact) mass is 185 g/mol. The van der Waals surface area contributed by atoms with Crippen LogP contribution in [0.3, 0.4) is 0 Å². The third kappa shape index (κ3) is 6.34. The summed E-state index contributed by atoms with van der Waals surface area (Å²) >= 11 is 0. The second kappa shape index (κ2) is 6.66. The highest BCUT2D eigenvalue weighted by Gasteiger charge is 2.03. The maximum atomic E-state index is 11.3. The zero-order valence-corrected chi connectivity index (χ0v) is 8.63. The highest BCUT2D eigenvalue weighted by atomic mass is 16.3. The molecule has 0 aliphatic carbocycles. The molecule has 76 valence electrons. The number of rotatable bonds is 5. The highest BCUT2D eigenvalue weighted by molar-refractivity contribution is 5.92. The molecule has 13 heavy (non-hydrogen) atoms. The summed E-state index contributed by atoms with van der Waals surface area (Å²) in [5, 5.41) is 11.8. The lowest BCUT2D eigenvalue weighted by Crippen LogP contribution is -2.25. The Bertz CT molecular complexity index is 185. The lowest BCUT2D eigenvalue weighted by Gasteiger charge is -2.04. The van der Waals surface area contributed by atoms with Crippen LogP contribution in [-0.4, -0.2) is 23.7 Å². The number of carbonyl (C=O) groups excluding carboxylic acids is 1. The molecule has 0 aromatic heterocycles. The first kappa shape index (κ1) is 12.2. The Hall–Kier alpha value is -0.830. The third-order valence-electron chi connectivity index (χ3n) is 1.67. The Morgan fingerprint density at radius 1 is 1.62 bits per heavy atom. The van der Waals surface area contributed by atoms with Gasteiger partial charge >= 0.3 is 0 Å². The Labute approximate surface area is 79.8 Å². The smallest absolute Gasteiger partial charge is 0.246 e. The fraction of sp³-hybridized carbons (Fsp3) is 0.700. The van der Waals surface area contributed by atoms with Gasteiger partial charge in [-0.25, -0.2) is 0 Å². The molecule has 0 rings (SSSR count). The predicted molar refractivity (Wildman–Crippen MR) is 53.4 cm³/mol. The number of nitrogens with one attached hydrogen (secondary N) is 1. The van der Waals surface area contributed by atoms with E-state index in [0.29, 0.717) is 12.1 Å². The number of hydrogen-bond acceptors (Lipinski definition) is 2. The average molecular weight is 185 g/mol. The Morgan fingerprint density at radius 2 is 2.23 bits per heavy atom. The molecule has 0 aromatic rings. The van der Waals surface area contributed by atoms with Crippen LogP contribution in [0, 0.1) is 0 Å². The number of amides is 1. The summed E-state index contributed by atoms with van der Waals surface area (Å²) < 4.78 is 0. The Morgan fingerprint density at radius 3 is 2.69 bits per heavy atom. The molecule has 0 radical (unpaired) electrons. The first-order valence-electron chi connectivity index (χ1n) is 4.72. The van der Waals surface area contributed by atoms with E-state index in [2.05, 4.69) is 12.2 Å². The van der Waals surface area contributed by atoms with Crippen LogP contribution in [0.4, 0.5) is 0 Å². The van der Waals surface area contributed by atoms with Crippen molar-refractivity contribution in [1.29, 1.82) is 0 Å². The van der Waals surface area contributed by atoms with Gasteiger partial charge in [0, 0.05) is 12.1 Å². The topological polar surface area (TPSA) is 49.3 Å². The van der Waals surface area contributed by atoms with E-state index in [4.69, 9.17) is 5.11 Å². The van der Waals surface area contributed by atoms with E-state index < -0.39 is 6.10 Å². The molecule has 0 fully saturated rings. The van der Waals surface area contributed by atoms with Crippen LogP contribution < -0.4 is 5.32 Å². The van der Waals surface area contributed by atoms with Crippen molar-refractivity contribution >= 4 is 5.91 Å². The zero-order valence-electron chi connectivity index (χ0n) is 8.63. The molecule has 0 heterocycles. The van der Waals surface area contributed by atoms with Crippen molar-refractivity contribution in [3.05, 3.63) is 11.6 Å². The quantitative estimate of drug-likeness (QED) is 0.500. The second-order valence-electron chi connectivity index (χ2n) is 3.20. The molecule has 1 atom stereocenters. The Kier molecular flexibility index (Phi) is 6.24. The van der Waals surface area contributed by atoms with Gasteiger partial charge in [0.2, 0.25) is 5.91 Å². The summed E-state index contributed by atoms with van der Waals surface area (Å²) in [4.78, 5) is 11.3. The standard InChI is InChI=1S/C10H19NO2/c1-4-5-6-11-10(13)8(2)7-9(3)12/h7,9,12H,4-6H2,1-3H3,(H,11,13)/b8-7+. The van der Waals surface area contributed by atoms with Crippen LogP contribution in [0.25, 0.3) is 0 Å². The van der Waals surface area contributed by atoms with Crippen LogP contribution in [0.2, 0.25) is 0 Å². The van der Waals surface area contributed by atoms with Crippen molar-refractivity contribution < 1.29 is 9.90 Å². The number of unbranched alkanes of at least 4 members (excludes halogenated alkanes) is 1. The van der Waals surface area contributed by atoms with Gasteiger partial charge in [0.05, 0.1) is 6.10 Å². The molecule has 1 amide bonds. The highest BCUT2D eigenvalue weighted by Crippen LogP contribution is 1.96. The number of carbonyl (C=O) groups is 1. The fourth-order valence-corrected chi connectivity index (χ4v) is 0.956. The molecule has 0 aliphatic rings. The number of hydrogen-bond donors (Lipinski definition) is 2. The van der Waals surface area contributed by atoms with Crippen molar-refractivity contribution in [2.45, 2.75) is 39.7 Å². The van der Waals surface area contributed by atoms with E-state index in [0.717, 1.165) is 12.8 Å². The van der Waals surface area contributed by atoms with Gasteiger partial charge in [-0.15, -0.1) is 0 Å². The molecule has 2 N–H and O–H groups in total. The maximum Gasteiger partial charge on any atom is 0.246 e. The summed E-state index contributed by atoms with van der Waals surface area (Å²) in [6.07, 6.45) is 3.05. The maximum absolute atomic E-state index is 11.3. The summed E-state index contributed by atoms with van der Waals surface area (Å²) in [5.41, 5.74) is 0.575. The van der Waals surface area contributed by atoms with Crippen LogP contribution in [0.5, 0.6) is 0 Å². The molecule has 3 nitrogen and oxygen atoms in total. The molecule has 3 heteroatoms. The molecule has 0 bridgehead atoms. The van der Waals surface area contributed by atoms with E-state index in [-0.39, 0.29) is 5.91 Å². The average Bonchev–Trinajstić information content (AvgIpc) is 2.03. The van der Waals surface area contributed by atoms with Gasteiger partial charge in [-0.3, -0.25) is 4.79 Å². The van der Waals surface area contributed by atoms with Crippen molar-refractivity contribution in [3.8, 4) is 0 Å². The Balaban J connectivity index is 3.83. The molecule has 0 aliphatic heterocycles. The molecule has 0 aromatic carbocycles. The largest absolute Gasteiger partial charge is 0.389 e. The van der Waals surface area contributed by atoms with Crippen molar-refractivity contribution in [2.24, 2.45) is 0 Å². The summed E-state index contributed by atoms with van der Waals surface area (Å²) in [5.74, 6) is -0.0886. The SMILES string of the molecule is CCCCNC(=O)/C(C)=C/C(C)O. The van der Waals surface area contributed by atoms with Crippen molar-refractivity contribution in [3.63, 3.8) is 0 Å². The third-order valence-corrected chi connectivity index (χ3v) is 1.67. The lowest BCUT2D eigenvalue weighted by atomic mass is 10.2. The van der Waals surface area contributed by atoms with Gasteiger partial charge in [0.25, 0.3) is 0 Å². The van der Waals surface area contributed by atoms with Crippen LogP contribution in [-0.2, 0) is 4.79 Å². The van der Waals surface area contributed by atoms with Gasteiger partial charge in [-0.1, -0.05) is 13.3 Å². The summed E-state index contributed by atoms with van der Waals surface area (Å²) in [6, 6.07) is 0. The summed E-state index contributed by atoms with van der Waals surface area (Å²) in [7, 11) is 0. The van der Waals surface area contributed by atoms with E-state index in [9.17, 15) is 4.79 Å². The number of aliphatic hydroxyl groups excluding tert-OH is 1.